The lowest BCUT2D eigenvalue weighted by Crippen LogP contribution is -2.38. The van der Waals surface area contributed by atoms with Gasteiger partial charge in [0.15, 0.2) is 0 Å². The number of fused-ring (bicyclic) bond motifs is 2. The number of hydrogen-bond acceptors (Lipinski definition) is 2. The normalized spacial score (nSPS) is 24.2. The molecule has 1 N–H and O–H groups in total. The number of nitrogens with zero attached hydrogens (tertiary/aromatic N) is 1. The maximum absolute atomic E-state index is 4.31. The maximum atomic E-state index is 4.31. The van der Waals surface area contributed by atoms with Gasteiger partial charge in [0.1, 0.15) is 0 Å². The quantitative estimate of drug-likeness (QED) is 0.862. The van der Waals surface area contributed by atoms with Crippen LogP contribution in [0.5, 0.6) is 0 Å². The third-order valence-corrected chi connectivity index (χ3v) is 4.91. The second kappa shape index (κ2) is 5.27. The minimum absolute atomic E-state index is 0.296. The van der Waals surface area contributed by atoms with Crippen molar-refractivity contribution in [1.82, 2.24) is 10.3 Å². The number of aryl methyl sites for hydroxylation is 2. The number of rotatable bonds is 1. The van der Waals surface area contributed by atoms with Crippen molar-refractivity contribution in [3.63, 3.8) is 0 Å². The molecule has 1 aliphatic carbocycles. The van der Waals surface area contributed by atoms with Crippen LogP contribution in [0.4, 0.5) is 0 Å². The Kier molecular flexibility index (Phi) is 3.27. The molecule has 2 aliphatic rings. The van der Waals surface area contributed by atoms with Crippen molar-refractivity contribution in [2.24, 2.45) is 0 Å². The van der Waals surface area contributed by atoms with E-state index in [-0.39, 0.29) is 0 Å². The van der Waals surface area contributed by atoms with Gasteiger partial charge in [-0.25, -0.2) is 0 Å². The molecule has 0 spiro atoms. The summed E-state index contributed by atoms with van der Waals surface area (Å²) in [6.45, 7) is 2.28. The lowest BCUT2D eigenvalue weighted by Gasteiger charge is -2.33. The first kappa shape index (κ1) is 13.0. The fraction of sp³-hybridized carbons (Fsp3) is 0.421. The average molecular weight is 278 g/mol. The zero-order chi connectivity index (χ0) is 14.2. The summed E-state index contributed by atoms with van der Waals surface area (Å²) in [5.41, 5.74) is 7.46. The molecule has 0 amide bonds. The summed E-state index contributed by atoms with van der Waals surface area (Å²) in [5, 5.41) is 3.76. The molecule has 2 nitrogen and oxygen atoms in total. The van der Waals surface area contributed by atoms with Crippen LogP contribution < -0.4 is 5.32 Å². The summed E-state index contributed by atoms with van der Waals surface area (Å²) in [5.74, 6) is 0. The van der Waals surface area contributed by atoms with Gasteiger partial charge in [0.2, 0.25) is 0 Å². The molecule has 0 saturated heterocycles. The van der Waals surface area contributed by atoms with E-state index in [2.05, 4.69) is 35.4 Å². The molecule has 21 heavy (non-hydrogen) atoms. The molecule has 0 fully saturated rings. The van der Waals surface area contributed by atoms with Crippen molar-refractivity contribution in [2.45, 2.75) is 51.1 Å². The molecule has 1 aliphatic heterocycles. The van der Waals surface area contributed by atoms with Crippen molar-refractivity contribution in [3.8, 4) is 0 Å². The van der Waals surface area contributed by atoms with Crippen molar-refractivity contribution in [3.05, 3.63) is 64.5 Å². The first-order valence-corrected chi connectivity index (χ1v) is 8.12. The summed E-state index contributed by atoms with van der Waals surface area (Å²) >= 11 is 0. The fourth-order valence-electron chi connectivity index (χ4n) is 3.89. The van der Waals surface area contributed by atoms with Crippen LogP contribution in [0, 0.1) is 0 Å². The Morgan fingerprint density at radius 3 is 2.67 bits per heavy atom. The molecule has 2 aromatic rings. The van der Waals surface area contributed by atoms with Gasteiger partial charge in [-0.1, -0.05) is 18.2 Å². The Bertz CT molecular complexity index is 648. The highest BCUT2D eigenvalue weighted by Crippen LogP contribution is 2.34. The number of pyridine rings is 1. The number of hydrogen-bond donors (Lipinski definition) is 1. The molecular formula is C19H22N2. The highest BCUT2D eigenvalue weighted by molar-refractivity contribution is 5.46. The summed E-state index contributed by atoms with van der Waals surface area (Å²) in [7, 11) is 0. The van der Waals surface area contributed by atoms with Crippen LogP contribution in [-0.4, -0.2) is 11.0 Å². The van der Waals surface area contributed by atoms with E-state index in [1.165, 1.54) is 42.4 Å². The molecule has 1 aromatic carbocycles. The van der Waals surface area contributed by atoms with Gasteiger partial charge in [-0.15, -0.1) is 0 Å². The molecule has 2 unspecified atom stereocenters. The topological polar surface area (TPSA) is 24.9 Å². The van der Waals surface area contributed by atoms with E-state index >= 15 is 0 Å². The Morgan fingerprint density at radius 1 is 1.10 bits per heavy atom. The largest absolute Gasteiger partial charge is 0.303 e. The van der Waals surface area contributed by atoms with Crippen LogP contribution in [0.2, 0.25) is 0 Å². The third-order valence-electron chi connectivity index (χ3n) is 4.91. The van der Waals surface area contributed by atoms with Gasteiger partial charge in [-0.3, -0.25) is 4.98 Å². The van der Waals surface area contributed by atoms with Gasteiger partial charge in [-0.2, -0.15) is 0 Å². The lowest BCUT2D eigenvalue weighted by atomic mass is 9.81. The van der Waals surface area contributed by atoms with E-state index in [4.69, 9.17) is 0 Å². The first-order chi connectivity index (χ1) is 10.3. The van der Waals surface area contributed by atoms with E-state index in [0.717, 1.165) is 6.42 Å². The zero-order valence-corrected chi connectivity index (χ0v) is 12.6. The summed E-state index contributed by atoms with van der Waals surface area (Å²) in [6, 6.07) is 10.00. The summed E-state index contributed by atoms with van der Waals surface area (Å²) < 4.78 is 0. The highest BCUT2D eigenvalue weighted by Gasteiger charge is 2.27. The van der Waals surface area contributed by atoms with Gasteiger partial charge in [0.25, 0.3) is 0 Å². The fourth-order valence-corrected chi connectivity index (χ4v) is 3.89. The van der Waals surface area contributed by atoms with Gasteiger partial charge in [0, 0.05) is 18.4 Å². The van der Waals surface area contributed by atoms with Crippen LogP contribution in [-0.2, 0) is 19.3 Å². The van der Waals surface area contributed by atoms with Gasteiger partial charge in [-0.05, 0) is 72.9 Å². The zero-order valence-electron chi connectivity index (χ0n) is 12.6. The van der Waals surface area contributed by atoms with Crippen molar-refractivity contribution in [2.75, 3.05) is 0 Å². The minimum atomic E-state index is 0.296. The van der Waals surface area contributed by atoms with E-state index in [1.807, 2.05) is 18.5 Å². The molecule has 108 valence electrons. The predicted molar refractivity (Wildman–Crippen MR) is 85.5 cm³/mol. The van der Waals surface area contributed by atoms with Crippen LogP contribution >= 0.6 is 0 Å². The van der Waals surface area contributed by atoms with E-state index in [0.29, 0.717) is 12.1 Å². The Labute approximate surface area is 126 Å². The number of nitrogens with one attached hydrogen (secondary N) is 1. The molecular weight excluding hydrogens is 256 g/mol. The standard InChI is InChI=1S/C19H22N2/c1-13-9-17-10-14-5-2-3-6-15(14)11-18(17)19(21-13)16-7-4-8-20-12-16/h4,7-8,10-13,19,21H,2-3,5-6,9H2,1H3. The monoisotopic (exact) mass is 278 g/mol. The molecule has 4 rings (SSSR count). The smallest absolute Gasteiger partial charge is 0.0596 e. The molecule has 2 heteroatoms. The predicted octanol–water partition coefficient (Wildman–Crippen LogP) is 3.58. The molecule has 0 radical (unpaired) electrons. The highest BCUT2D eigenvalue weighted by atomic mass is 15.0. The van der Waals surface area contributed by atoms with Crippen LogP contribution in [0.1, 0.15) is 53.6 Å². The molecule has 1 aromatic heterocycles. The second-order valence-electron chi connectivity index (χ2n) is 6.52. The van der Waals surface area contributed by atoms with Crippen LogP contribution in [0.25, 0.3) is 0 Å². The molecule has 2 atom stereocenters. The van der Waals surface area contributed by atoms with Crippen molar-refractivity contribution in [1.29, 1.82) is 0 Å². The maximum Gasteiger partial charge on any atom is 0.0596 e. The minimum Gasteiger partial charge on any atom is -0.303 e. The average Bonchev–Trinajstić information content (AvgIpc) is 2.53. The lowest BCUT2D eigenvalue weighted by molar-refractivity contribution is 0.462. The van der Waals surface area contributed by atoms with Crippen molar-refractivity contribution >= 4 is 0 Å². The summed E-state index contributed by atoms with van der Waals surface area (Å²) in [6.07, 6.45) is 10.2. The number of benzene rings is 1. The Hall–Kier alpha value is -1.67. The van der Waals surface area contributed by atoms with Gasteiger partial charge in [0.05, 0.1) is 6.04 Å². The van der Waals surface area contributed by atoms with Gasteiger partial charge >= 0.3 is 0 Å². The Balaban J connectivity index is 1.82. The Morgan fingerprint density at radius 2 is 1.90 bits per heavy atom. The van der Waals surface area contributed by atoms with Crippen LogP contribution in [0.15, 0.2) is 36.7 Å². The van der Waals surface area contributed by atoms with Crippen molar-refractivity contribution < 1.29 is 0 Å². The first-order valence-electron chi connectivity index (χ1n) is 8.12. The molecule has 0 saturated carbocycles. The van der Waals surface area contributed by atoms with Gasteiger partial charge < -0.3 is 5.32 Å². The van der Waals surface area contributed by atoms with Crippen LogP contribution in [0.3, 0.4) is 0 Å². The van der Waals surface area contributed by atoms with E-state index < -0.39 is 0 Å². The molecule has 0 bridgehead atoms. The molecule has 2 heterocycles. The number of aromatic nitrogens is 1. The summed E-state index contributed by atoms with van der Waals surface area (Å²) in [4.78, 5) is 4.31. The van der Waals surface area contributed by atoms with E-state index in [1.54, 1.807) is 11.1 Å². The van der Waals surface area contributed by atoms with E-state index in [9.17, 15) is 0 Å². The SMILES string of the molecule is CC1Cc2cc3c(cc2C(c2cccnc2)N1)CCCC3. The second-order valence-corrected chi connectivity index (χ2v) is 6.52. The third kappa shape index (κ3) is 2.38.